The van der Waals surface area contributed by atoms with Crippen LogP contribution in [0, 0.1) is 10.1 Å². The van der Waals surface area contributed by atoms with E-state index in [0.29, 0.717) is 17.1 Å². The summed E-state index contributed by atoms with van der Waals surface area (Å²) in [6.45, 7) is 0.354. The van der Waals surface area contributed by atoms with Crippen molar-refractivity contribution in [3.63, 3.8) is 0 Å². The van der Waals surface area contributed by atoms with E-state index in [0.717, 1.165) is 0 Å². The minimum Gasteiger partial charge on any atom is -0.497 e. The number of carbonyl (C=O) groups is 2. The largest absolute Gasteiger partial charge is 0.497 e. The number of ether oxygens (including phenoxy) is 2. The molecule has 1 aliphatic rings. The number of hydrogen-bond donors (Lipinski definition) is 2. The molecule has 1 aliphatic heterocycles. The van der Waals surface area contributed by atoms with Gasteiger partial charge in [0.15, 0.2) is 0 Å². The fourth-order valence-electron chi connectivity index (χ4n) is 3.59. The molecule has 2 heterocycles. The molecule has 0 radical (unpaired) electrons. The van der Waals surface area contributed by atoms with E-state index in [1.165, 1.54) is 33.8 Å². The van der Waals surface area contributed by atoms with Gasteiger partial charge in [-0.1, -0.05) is 0 Å². The van der Waals surface area contributed by atoms with E-state index in [4.69, 9.17) is 14.0 Å². The smallest absolute Gasteiger partial charge is 0.432 e. The Morgan fingerprint density at radius 2 is 1.94 bits per heavy atom. The minimum atomic E-state index is -1.04. The molecule has 13 nitrogen and oxygen atoms in total. The number of nitro groups is 1. The summed E-state index contributed by atoms with van der Waals surface area (Å²) in [7, 11) is 1.54. The Morgan fingerprint density at radius 3 is 2.60 bits per heavy atom. The summed E-state index contributed by atoms with van der Waals surface area (Å²) in [4.78, 5) is 49.4. The lowest BCUT2D eigenvalue weighted by Gasteiger charge is -2.30. The van der Waals surface area contributed by atoms with Gasteiger partial charge in [-0.25, -0.2) is 4.79 Å². The van der Waals surface area contributed by atoms with Crippen molar-refractivity contribution in [1.82, 2.24) is 10.2 Å². The van der Waals surface area contributed by atoms with Crippen LogP contribution in [0.5, 0.6) is 5.75 Å². The number of H-pyrrole nitrogens is 1. The van der Waals surface area contributed by atoms with Crippen molar-refractivity contribution in [2.75, 3.05) is 25.6 Å². The van der Waals surface area contributed by atoms with E-state index in [1.807, 2.05) is 0 Å². The number of benzene rings is 2. The summed E-state index contributed by atoms with van der Waals surface area (Å²) in [6.07, 6.45) is -1.30. The number of nitro benzene ring substituents is 1. The number of carbonyl (C=O) groups excluding carboxylic acids is 2. The first-order chi connectivity index (χ1) is 16.9. The molecular formula is C22H22N5O8+. The predicted molar refractivity (Wildman–Crippen MR) is 119 cm³/mol. The summed E-state index contributed by atoms with van der Waals surface area (Å²) in [5, 5.41) is 15.9. The van der Waals surface area contributed by atoms with Crippen molar-refractivity contribution in [1.29, 1.82) is 0 Å². The van der Waals surface area contributed by atoms with Crippen molar-refractivity contribution in [2.24, 2.45) is 0 Å². The number of anilines is 1. The number of nitrogens with one attached hydrogen (secondary N) is 2. The molecular weight excluding hydrogens is 462 g/mol. The third-order valence-electron chi connectivity index (χ3n) is 5.41. The van der Waals surface area contributed by atoms with E-state index >= 15 is 0 Å². The second-order valence-electron chi connectivity index (χ2n) is 7.64. The molecule has 4 rings (SSSR count). The first-order valence-corrected chi connectivity index (χ1v) is 10.6. The molecule has 1 saturated heterocycles. The molecule has 0 spiro atoms. The highest BCUT2D eigenvalue weighted by Crippen LogP contribution is 2.18. The molecule has 2 N–H and O–H groups in total. The van der Waals surface area contributed by atoms with Crippen molar-refractivity contribution < 1.29 is 33.2 Å². The van der Waals surface area contributed by atoms with E-state index in [2.05, 4.69) is 10.6 Å². The van der Waals surface area contributed by atoms with Gasteiger partial charge in [0.05, 0.1) is 25.1 Å². The van der Waals surface area contributed by atoms with E-state index < -0.39 is 28.5 Å². The van der Waals surface area contributed by atoms with Crippen LogP contribution < -0.4 is 20.4 Å². The fraction of sp³-hybridized carbons (Fsp3) is 0.273. The summed E-state index contributed by atoms with van der Waals surface area (Å²) in [6, 6.07) is 12.2. The molecule has 2 amide bonds. The number of methoxy groups -OCH3 is 1. The minimum absolute atomic E-state index is 0.0550. The Kier molecular flexibility index (Phi) is 6.87. The number of nitrogens with zero attached hydrogens (tertiary/aromatic N) is 3. The lowest BCUT2D eigenvalue weighted by molar-refractivity contribution is -0.678. The highest BCUT2D eigenvalue weighted by atomic mass is 16.6. The van der Waals surface area contributed by atoms with Crippen LogP contribution in [-0.4, -0.2) is 53.3 Å². The lowest BCUT2D eigenvalue weighted by Crippen LogP contribution is -2.51. The maximum atomic E-state index is 13.0. The number of aromatic nitrogens is 2. The van der Waals surface area contributed by atoms with Crippen molar-refractivity contribution >= 4 is 23.2 Å². The number of aromatic amines is 1. The standard InChI is InChI=1S/C22H21N5O8/c1-33-17-8-6-15(7-9-17)26-18(22(30)35-24-26)13-25-10-11-34-19(21(25)29)12-20(28)23-14-2-4-16(5-3-14)27(31)32/h2-9,19H,10-13H2,1H3,(H-,23,24,28,30)/p+1. The Balaban J connectivity index is 1.42. The van der Waals surface area contributed by atoms with Crippen LogP contribution in [0.15, 0.2) is 57.8 Å². The molecule has 1 atom stereocenters. The summed E-state index contributed by atoms with van der Waals surface area (Å²) in [5.74, 6) is -0.301. The zero-order chi connectivity index (χ0) is 24.9. The van der Waals surface area contributed by atoms with Crippen LogP contribution >= 0.6 is 0 Å². The van der Waals surface area contributed by atoms with Crippen LogP contribution in [0.3, 0.4) is 0 Å². The van der Waals surface area contributed by atoms with Gasteiger partial charge in [-0.15, -0.1) is 0 Å². The third kappa shape index (κ3) is 5.35. The number of rotatable bonds is 8. The van der Waals surface area contributed by atoms with E-state index in [9.17, 15) is 24.5 Å². The SMILES string of the molecule is COc1ccc(-[n+]2[nH]oc(=O)c2CN2CCOC(CC(=O)Nc3ccc([N+](=O)[O-])cc3)C2=O)cc1. The number of amides is 2. The maximum absolute atomic E-state index is 13.0. The Labute approximate surface area is 197 Å². The summed E-state index contributed by atoms with van der Waals surface area (Å²) >= 11 is 0. The molecule has 13 heteroatoms. The van der Waals surface area contributed by atoms with Crippen molar-refractivity contribution in [3.8, 4) is 11.4 Å². The van der Waals surface area contributed by atoms with Gasteiger partial charge in [0.2, 0.25) is 11.6 Å². The van der Waals surface area contributed by atoms with Gasteiger partial charge >= 0.3 is 11.3 Å². The fourth-order valence-corrected chi connectivity index (χ4v) is 3.59. The quantitative estimate of drug-likeness (QED) is 0.271. The molecule has 1 aromatic heterocycles. The normalized spacial score (nSPS) is 15.6. The van der Waals surface area contributed by atoms with Crippen LogP contribution in [-0.2, 0) is 20.9 Å². The Bertz CT molecular complexity index is 1280. The summed E-state index contributed by atoms with van der Waals surface area (Å²) < 4.78 is 17.0. The third-order valence-corrected chi connectivity index (χ3v) is 5.41. The summed E-state index contributed by atoms with van der Waals surface area (Å²) in [5.41, 5.74) is 0.412. The highest BCUT2D eigenvalue weighted by Gasteiger charge is 2.35. The molecule has 2 aromatic carbocycles. The van der Waals surface area contributed by atoms with Gasteiger partial charge < -0.3 is 19.7 Å². The van der Waals surface area contributed by atoms with Crippen LogP contribution in [0.1, 0.15) is 12.1 Å². The Hall–Kier alpha value is -4.52. The molecule has 0 saturated carbocycles. The van der Waals surface area contributed by atoms with Gasteiger partial charge in [0, 0.05) is 36.5 Å². The zero-order valence-corrected chi connectivity index (χ0v) is 18.6. The van der Waals surface area contributed by atoms with Crippen LogP contribution in [0.4, 0.5) is 11.4 Å². The second-order valence-corrected chi connectivity index (χ2v) is 7.64. The van der Waals surface area contributed by atoms with Gasteiger partial charge in [0.1, 0.15) is 18.4 Å². The molecule has 182 valence electrons. The van der Waals surface area contributed by atoms with Gasteiger partial charge in [-0.2, -0.15) is 0 Å². The van der Waals surface area contributed by atoms with Crippen LogP contribution in [0.2, 0.25) is 0 Å². The zero-order valence-electron chi connectivity index (χ0n) is 18.6. The average molecular weight is 484 g/mol. The van der Waals surface area contributed by atoms with Gasteiger partial charge in [-0.05, 0) is 34.2 Å². The molecule has 3 aromatic rings. The molecule has 35 heavy (non-hydrogen) atoms. The number of morpholine rings is 1. The van der Waals surface area contributed by atoms with Gasteiger partial charge in [-0.3, -0.25) is 24.2 Å². The predicted octanol–water partition coefficient (Wildman–Crippen LogP) is 0.918. The molecule has 1 unspecified atom stereocenters. The maximum Gasteiger partial charge on any atom is 0.432 e. The molecule has 1 fully saturated rings. The number of hydrogen-bond acceptors (Lipinski definition) is 8. The lowest BCUT2D eigenvalue weighted by atomic mass is 10.1. The van der Waals surface area contributed by atoms with E-state index in [1.54, 1.807) is 31.4 Å². The second kappa shape index (κ2) is 10.2. The van der Waals surface area contributed by atoms with E-state index in [-0.39, 0.29) is 37.5 Å². The first kappa shape index (κ1) is 23.6. The average Bonchev–Trinajstić information content (AvgIpc) is 3.22. The van der Waals surface area contributed by atoms with Crippen LogP contribution in [0.25, 0.3) is 5.69 Å². The monoisotopic (exact) mass is 484 g/mol. The number of non-ortho nitro benzene ring substituents is 1. The highest BCUT2D eigenvalue weighted by molar-refractivity contribution is 5.95. The molecule has 0 bridgehead atoms. The van der Waals surface area contributed by atoms with Crippen molar-refractivity contribution in [3.05, 3.63) is 74.8 Å². The topological polar surface area (TPSA) is 161 Å². The van der Waals surface area contributed by atoms with Gasteiger partial charge in [0.25, 0.3) is 11.6 Å². The first-order valence-electron chi connectivity index (χ1n) is 10.6. The Morgan fingerprint density at radius 1 is 1.23 bits per heavy atom. The molecule has 0 aliphatic carbocycles. The van der Waals surface area contributed by atoms with Crippen molar-refractivity contribution in [2.45, 2.75) is 19.1 Å².